The number of rotatable bonds is 4. The molecule has 0 spiro atoms. The fourth-order valence-corrected chi connectivity index (χ4v) is 2.24. The second-order valence-corrected chi connectivity index (χ2v) is 5.15. The molecule has 4 heteroatoms. The molecule has 1 aliphatic carbocycles. The minimum absolute atomic E-state index is 0.309. The van der Waals surface area contributed by atoms with E-state index >= 15 is 0 Å². The first-order valence-electron chi connectivity index (χ1n) is 5.32. The lowest BCUT2D eigenvalue weighted by Crippen LogP contribution is -2.20. The maximum Gasteiger partial charge on any atom is 0.336 e. The van der Waals surface area contributed by atoms with Gasteiger partial charge in [-0.15, -0.1) is 0 Å². The molecule has 0 aromatic heterocycles. The van der Waals surface area contributed by atoms with Gasteiger partial charge in [-0.25, -0.2) is 4.79 Å². The number of carboxylic acids is 1. The zero-order valence-electron chi connectivity index (χ0n) is 9.11. The van der Waals surface area contributed by atoms with Gasteiger partial charge < -0.3 is 10.0 Å². The summed E-state index contributed by atoms with van der Waals surface area (Å²) in [4.78, 5) is 13.0. The van der Waals surface area contributed by atoms with Crippen molar-refractivity contribution in [2.45, 2.75) is 12.8 Å². The lowest BCUT2D eigenvalue weighted by molar-refractivity contribution is 0.0696. The molecule has 0 radical (unpaired) electrons. The summed E-state index contributed by atoms with van der Waals surface area (Å²) >= 11 is 3.29. The van der Waals surface area contributed by atoms with Gasteiger partial charge in [0.05, 0.1) is 5.56 Å². The van der Waals surface area contributed by atoms with Crippen LogP contribution in [0, 0.1) is 5.92 Å². The van der Waals surface area contributed by atoms with E-state index in [2.05, 4.69) is 20.8 Å². The number of nitrogens with zero attached hydrogens (tertiary/aromatic N) is 1. The molecule has 0 saturated heterocycles. The summed E-state index contributed by atoms with van der Waals surface area (Å²) in [6.45, 7) is 1.05. The summed E-state index contributed by atoms with van der Waals surface area (Å²) in [5.74, 6) is -0.0776. The van der Waals surface area contributed by atoms with Crippen molar-refractivity contribution in [3.05, 3.63) is 28.2 Å². The smallest absolute Gasteiger partial charge is 0.336 e. The van der Waals surface area contributed by atoms with Crippen molar-refractivity contribution < 1.29 is 9.90 Å². The molecular weight excluding hydrogens is 270 g/mol. The van der Waals surface area contributed by atoms with E-state index < -0.39 is 5.97 Å². The Kier molecular flexibility index (Phi) is 3.19. The molecule has 1 N–H and O–H groups in total. The Balaban J connectivity index is 2.15. The van der Waals surface area contributed by atoms with Gasteiger partial charge in [-0.2, -0.15) is 0 Å². The van der Waals surface area contributed by atoms with E-state index in [0.29, 0.717) is 10.0 Å². The zero-order valence-corrected chi connectivity index (χ0v) is 10.7. The van der Waals surface area contributed by atoms with Crippen LogP contribution < -0.4 is 4.90 Å². The number of aromatic carboxylic acids is 1. The Labute approximate surface area is 103 Å². The molecule has 0 atom stereocenters. The van der Waals surface area contributed by atoms with Crippen LogP contribution in [0.15, 0.2) is 22.7 Å². The molecule has 0 bridgehead atoms. The van der Waals surface area contributed by atoms with Crippen molar-refractivity contribution in [3.8, 4) is 0 Å². The number of carbonyl (C=O) groups is 1. The van der Waals surface area contributed by atoms with Crippen molar-refractivity contribution in [2.24, 2.45) is 5.92 Å². The summed E-state index contributed by atoms with van der Waals surface area (Å²) in [5, 5.41) is 8.91. The predicted octanol–water partition coefficient (Wildman–Crippen LogP) is 2.99. The van der Waals surface area contributed by atoms with Crippen molar-refractivity contribution in [1.29, 1.82) is 0 Å². The maximum absolute atomic E-state index is 10.8. The quantitative estimate of drug-likeness (QED) is 0.924. The first-order valence-corrected chi connectivity index (χ1v) is 6.11. The Hall–Kier alpha value is -1.03. The first-order chi connectivity index (χ1) is 7.58. The second-order valence-electron chi connectivity index (χ2n) is 4.29. The van der Waals surface area contributed by atoms with Crippen LogP contribution >= 0.6 is 15.9 Å². The molecule has 2 rings (SSSR count). The molecule has 16 heavy (non-hydrogen) atoms. The highest BCUT2D eigenvalue weighted by molar-refractivity contribution is 9.10. The second kappa shape index (κ2) is 4.45. The van der Waals surface area contributed by atoms with E-state index in [1.54, 1.807) is 6.07 Å². The Morgan fingerprint density at radius 2 is 2.25 bits per heavy atom. The summed E-state index contributed by atoms with van der Waals surface area (Å²) in [5.41, 5.74) is 1.37. The van der Waals surface area contributed by atoms with Crippen LogP contribution in [0.1, 0.15) is 23.2 Å². The lowest BCUT2D eigenvalue weighted by atomic mass is 10.2. The number of carboxylic acid groups (broad SMARTS) is 1. The largest absolute Gasteiger partial charge is 0.478 e. The third kappa shape index (κ3) is 2.55. The van der Waals surface area contributed by atoms with Gasteiger partial charge in [0.1, 0.15) is 0 Å². The highest BCUT2D eigenvalue weighted by Crippen LogP contribution is 2.31. The van der Waals surface area contributed by atoms with Crippen LogP contribution in [-0.2, 0) is 0 Å². The van der Waals surface area contributed by atoms with Crippen molar-refractivity contribution in [3.63, 3.8) is 0 Å². The minimum Gasteiger partial charge on any atom is -0.478 e. The van der Waals surface area contributed by atoms with Gasteiger partial charge in [0, 0.05) is 23.8 Å². The van der Waals surface area contributed by atoms with E-state index in [-0.39, 0.29) is 0 Å². The summed E-state index contributed by atoms with van der Waals surface area (Å²) in [6, 6.07) is 5.37. The Morgan fingerprint density at radius 1 is 1.56 bits per heavy atom. The molecule has 3 nitrogen and oxygen atoms in total. The normalized spacial score (nSPS) is 14.9. The van der Waals surface area contributed by atoms with Crippen LogP contribution in [0.4, 0.5) is 5.69 Å². The lowest BCUT2D eigenvalue weighted by Gasteiger charge is -2.19. The number of benzene rings is 1. The molecule has 0 unspecified atom stereocenters. The molecule has 1 saturated carbocycles. The van der Waals surface area contributed by atoms with E-state index in [1.165, 1.54) is 12.8 Å². The highest BCUT2D eigenvalue weighted by atomic mass is 79.9. The molecule has 1 aromatic carbocycles. The maximum atomic E-state index is 10.8. The van der Waals surface area contributed by atoms with Gasteiger partial charge in [-0.3, -0.25) is 0 Å². The standard InChI is InChI=1S/C12H14BrNO2/c1-14(7-8-2-3-8)9-4-5-10(12(15)16)11(13)6-9/h4-6,8H,2-3,7H2,1H3,(H,15,16). The van der Waals surface area contributed by atoms with Gasteiger partial charge in [0.15, 0.2) is 0 Å². The topological polar surface area (TPSA) is 40.5 Å². The molecule has 1 aliphatic rings. The highest BCUT2D eigenvalue weighted by Gasteiger charge is 2.23. The summed E-state index contributed by atoms with van der Waals surface area (Å²) in [6.07, 6.45) is 2.64. The fourth-order valence-electron chi connectivity index (χ4n) is 1.71. The number of hydrogen-bond acceptors (Lipinski definition) is 2. The van der Waals surface area contributed by atoms with Gasteiger partial charge in [-0.05, 0) is 52.9 Å². The number of halogens is 1. The molecule has 0 amide bonds. The van der Waals surface area contributed by atoms with Gasteiger partial charge >= 0.3 is 5.97 Å². The van der Waals surface area contributed by atoms with E-state index in [4.69, 9.17) is 5.11 Å². The third-order valence-electron chi connectivity index (χ3n) is 2.85. The van der Waals surface area contributed by atoms with Crippen LogP contribution in [0.5, 0.6) is 0 Å². The van der Waals surface area contributed by atoms with E-state index in [0.717, 1.165) is 18.2 Å². The molecular formula is C12H14BrNO2. The van der Waals surface area contributed by atoms with Crippen molar-refractivity contribution >= 4 is 27.6 Å². The number of anilines is 1. The van der Waals surface area contributed by atoms with Crippen molar-refractivity contribution in [2.75, 3.05) is 18.5 Å². The SMILES string of the molecule is CN(CC1CC1)c1ccc(C(=O)O)c(Br)c1. The predicted molar refractivity (Wildman–Crippen MR) is 67.1 cm³/mol. The van der Waals surface area contributed by atoms with Crippen molar-refractivity contribution in [1.82, 2.24) is 0 Å². The molecule has 86 valence electrons. The Bertz CT molecular complexity index is 415. The third-order valence-corrected chi connectivity index (χ3v) is 3.51. The molecule has 1 fully saturated rings. The number of hydrogen-bond donors (Lipinski definition) is 1. The Morgan fingerprint density at radius 3 is 2.75 bits per heavy atom. The molecule has 0 aliphatic heterocycles. The van der Waals surface area contributed by atoms with Crippen LogP contribution in [0.2, 0.25) is 0 Å². The first kappa shape index (κ1) is 11.5. The summed E-state index contributed by atoms with van der Waals surface area (Å²) < 4.78 is 0.639. The van der Waals surface area contributed by atoms with Gasteiger partial charge in [0.2, 0.25) is 0 Å². The average molecular weight is 284 g/mol. The van der Waals surface area contributed by atoms with E-state index in [9.17, 15) is 4.79 Å². The van der Waals surface area contributed by atoms with Crippen LogP contribution in [0.25, 0.3) is 0 Å². The van der Waals surface area contributed by atoms with Gasteiger partial charge in [0.25, 0.3) is 0 Å². The average Bonchev–Trinajstić information content (AvgIpc) is 3.00. The molecule has 0 heterocycles. The van der Waals surface area contributed by atoms with Crippen LogP contribution in [-0.4, -0.2) is 24.7 Å². The minimum atomic E-state index is -0.900. The van der Waals surface area contributed by atoms with Crippen LogP contribution in [0.3, 0.4) is 0 Å². The van der Waals surface area contributed by atoms with Gasteiger partial charge in [-0.1, -0.05) is 0 Å². The zero-order chi connectivity index (χ0) is 11.7. The molecule has 1 aromatic rings. The fraction of sp³-hybridized carbons (Fsp3) is 0.417. The van der Waals surface area contributed by atoms with E-state index in [1.807, 2.05) is 19.2 Å². The monoisotopic (exact) mass is 283 g/mol. The summed E-state index contributed by atoms with van der Waals surface area (Å²) in [7, 11) is 2.04.